The van der Waals surface area contributed by atoms with Crippen molar-refractivity contribution in [2.75, 3.05) is 46.0 Å². The monoisotopic (exact) mass is 348 g/mol. The molecule has 2 heterocycles. The lowest BCUT2D eigenvalue weighted by Crippen LogP contribution is -2.44. The summed E-state index contributed by atoms with van der Waals surface area (Å²) in [6.07, 6.45) is -0.298. The van der Waals surface area contributed by atoms with Crippen LogP contribution in [-0.4, -0.2) is 74.0 Å². The third kappa shape index (κ3) is 5.44. The van der Waals surface area contributed by atoms with Gasteiger partial charge in [0.05, 0.1) is 19.6 Å². The Hall–Kier alpha value is -2.12. The van der Waals surface area contributed by atoms with Gasteiger partial charge in [-0.25, -0.2) is 4.79 Å². The lowest BCUT2D eigenvalue weighted by atomic mass is 10.2. The maximum absolute atomic E-state index is 11.9. The molecule has 2 saturated heterocycles. The number of nitrogens with zero attached hydrogens (tertiary/aromatic N) is 2. The van der Waals surface area contributed by atoms with E-state index in [1.807, 2.05) is 18.2 Å². The van der Waals surface area contributed by atoms with Crippen LogP contribution in [0.1, 0.15) is 12.0 Å². The van der Waals surface area contributed by atoms with Crippen molar-refractivity contribution >= 4 is 12.1 Å². The van der Waals surface area contributed by atoms with Crippen molar-refractivity contribution in [3.8, 4) is 0 Å². The van der Waals surface area contributed by atoms with Crippen LogP contribution >= 0.6 is 0 Å². The lowest BCUT2D eigenvalue weighted by molar-refractivity contribution is -0.150. The fourth-order valence-electron chi connectivity index (χ4n) is 2.98. The van der Waals surface area contributed by atoms with Gasteiger partial charge >= 0.3 is 12.1 Å². The van der Waals surface area contributed by atoms with E-state index in [1.54, 1.807) is 0 Å². The molecule has 0 unspecified atom stereocenters. The van der Waals surface area contributed by atoms with Crippen molar-refractivity contribution in [3.05, 3.63) is 35.9 Å². The average Bonchev–Trinajstić information content (AvgIpc) is 3.04. The summed E-state index contributed by atoms with van der Waals surface area (Å²) in [6, 6.07) is 10.3. The second-order valence-electron chi connectivity index (χ2n) is 6.25. The number of esters is 1. The second-order valence-corrected chi connectivity index (χ2v) is 6.25. The Morgan fingerprint density at radius 1 is 1.20 bits per heavy atom. The summed E-state index contributed by atoms with van der Waals surface area (Å²) in [5.74, 6) is -0.316. The van der Waals surface area contributed by atoms with Crippen molar-refractivity contribution < 1.29 is 23.8 Å². The summed E-state index contributed by atoms with van der Waals surface area (Å²) in [5.41, 5.74) is 1.26. The number of hydrogen-bond acceptors (Lipinski definition) is 6. The van der Waals surface area contributed by atoms with E-state index in [0.29, 0.717) is 26.3 Å². The molecule has 0 bridgehead atoms. The van der Waals surface area contributed by atoms with E-state index in [4.69, 9.17) is 14.2 Å². The number of carbonyl (C=O) groups excluding carboxylic acids is 2. The molecule has 1 atom stereocenters. The van der Waals surface area contributed by atoms with Gasteiger partial charge in [0.1, 0.15) is 19.3 Å². The molecule has 1 amide bonds. The van der Waals surface area contributed by atoms with E-state index in [9.17, 15) is 9.59 Å². The highest BCUT2D eigenvalue weighted by molar-refractivity contribution is 5.72. The smallest absolute Gasteiger partial charge is 0.409 e. The topological polar surface area (TPSA) is 68.3 Å². The summed E-state index contributed by atoms with van der Waals surface area (Å²) in [4.78, 5) is 27.0. The van der Waals surface area contributed by atoms with Crippen LogP contribution in [-0.2, 0) is 25.5 Å². The largest absolute Gasteiger partial charge is 0.463 e. The normalized spacial score (nSPS) is 21.2. The minimum absolute atomic E-state index is 0.113. The molecule has 25 heavy (non-hydrogen) atoms. The maximum Gasteiger partial charge on any atom is 0.409 e. The van der Waals surface area contributed by atoms with Gasteiger partial charge in [0.2, 0.25) is 0 Å². The number of carbonyl (C=O) groups is 2. The Bertz CT molecular complexity index is 580. The number of cyclic esters (lactones) is 1. The molecule has 136 valence electrons. The van der Waals surface area contributed by atoms with E-state index >= 15 is 0 Å². The van der Waals surface area contributed by atoms with Crippen LogP contribution in [0.5, 0.6) is 0 Å². The molecule has 0 radical (unpaired) electrons. The Kier molecular flexibility index (Phi) is 6.25. The molecular formula is C18H24N2O5. The minimum atomic E-state index is -0.361. The molecule has 1 aromatic carbocycles. The zero-order valence-corrected chi connectivity index (χ0v) is 14.3. The molecule has 7 heteroatoms. The summed E-state index contributed by atoms with van der Waals surface area (Å²) in [6.45, 7) is 4.61. The highest BCUT2D eigenvalue weighted by Gasteiger charge is 2.24. The first-order chi connectivity index (χ1) is 12.2. The molecular weight excluding hydrogens is 324 g/mol. The molecule has 0 N–H and O–H groups in total. The lowest BCUT2D eigenvalue weighted by Gasteiger charge is -2.32. The Morgan fingerprint density at radius 3 is 2.80 bits per heavy atom. The Morgan fingerprint density at radius 2 is 2.04 bits per heavy atom. The van der Waals surface area contributed by atoms with Gasteiger partial charge in [0.15, 0.2) is 0 Å². The predicted octanol–water partition coefficient (Wildman–Crippen LogP) is 1.27. The van der Waals surface area contributed by atoms with Gasteiger partial charge in [0, 0.05) is 26.2 Å². The van der Waals surface area contributed by atoms with Crippen molar-refractivity contribution in [3.63, 3.8) is 0 Å². The van der Waals surface area contributed by atoms with Crippen LogP contribution < -0.4 is 0 Å². The molecule has 0 spiro atoms. The van der Waals surface area contributed by atoms with E-state index in [0.717, 1.165) is 19.6 Å². The third-order valence-corrected chi connectivity index (χ3v) is 4.33. The molecule has 2 aliphatic rings. The van der Waals surface area contributed by atoms with Crippen molar-refractivity contribution in [2.45, 2.75) is 19.1 Å². The molecule has 2 aliphatic heterocycles. The first-order valence-electron chi connectivity index (χ1n) is 8.66. The second kappa shape index (κ2) is 8.82. The third-order valence-electron chi connectivity index (χ3n) is 4.33. The van der Waals surface area contributed by atoms with E-state index in [-0.39, 0.29) is 31.2 Å². The highest BCUT2D eigenvalue weighted by Crippen LogP contribution is 2.11. The molecule has 0 saturated carbocycles. The first kappa shape index (κ1) is 17.7. The van der Waals surface area contributed by atoms with Gasteiger partial charge in [-0.05, 0) is 5.56 Å². The van der Waals surface area contributed by atoms with Crippen LogP contribution in [0.25, 0.3) is 0 Å². The standard InChI is InChI=1S/C18H24N2O5/c21-17(6-7-20-9-11-24-18(20)22)25-14-16-13-19(8-10-23-16)12-15-4-2-1-3-5-15/h1-5,16H,6-14H2/t16-/m1/s1. The zero-order chi connectivity index (χ0) is 17.5. The summed E-state index contributed by atoms with van der Waals surface area (Å²) >= 11 is 0. The maximum atomic E-state index is 11.9. The van der Waals surface area contributed by atoms with Gasteiger partial charge in [-0.2, -0.15) is 0 Å². The Labute approximate surface area is 147 Å². The first-order valence-corrected chi connectivity index (χ1v) is 8.66. The quantitative estimate of drug-likeness (QED) is 0.692. The SMILES string of the molecule is O=C(CCN1CCOC1=O)OC[C@H]1CN(Cc2ccccc2)CCO1. The van der Waals surface area contributed by atoms with Crippen LogP contribution in [0, 0.1) is 0 Å². The number of rotatable bonds is 7. The average molecular weight is 348 g/mol. The van der Waals surface area contributed by atoms with Crippen molar-refractivity contribution in [1.29, 1.82) is 0 Å². The number of morpholine rings is 1. The zero-order valence-electron chi connectivity index (χ0n) is 14.3. The van der Waals surface area contributed by atoms with Gasteiger partial charge in [-0.3, -0.25) is 9.69 Å². The number of amides is 1. The van der Waals surface area contributed by atoms with E-state index in [1.165, 1.54) is 10.5 Å². The molecule has 7 nitrogen and oxygen atoms in total. The molecule has 1 aromatic rings. The number of benzene rings is 1. The predicted molar refractivity (Wildman–Crippen MR) is 90.0 cm³/mol. The molecule has 0 aromatic heterocycles. The van der Waals surface area contributed by atoms with Crippen molar-refractivity contribution in [1.82, 2.24) is 9.80 Å². The summed E-state index contributed by atoms with van der Waals surface area (Å²) < 4.78 is 15.8. The highest BCUT2D eigenvalue weighted by atomic mass is 16.6. The fourth-order valence-corrected chi connectivity index (χ4v) is 2.98. The number of ether oxygens (including phenoxy) is 3. The van der Waals surface area contributed by atoms with Crippen molar-refractivity contribution in [2.24, 2.45) is 0 Å². The van der Waals surface area contributed by atoms with Gasteiger partial charge in [0.25, 0.3) is 0 Å². The summed E-state index contributed by atoms with van der Waals surface area (Å²) in [5, 5.41) is 0. The molecule has 0 aliphatic carbocycles. The van der Waals surface area contributed by atoms with Crippen LogP contribution in [0.4, 0.5) is 4.79 Å². The number of hydrogen-bond donors (Lipinski definition) is 0. The molecule has 3 rings (SSSR count). The van der Waals surface area contributed by atoms with Crippen LogP contribution in [0.3, 0.4) is 0 Å². The van der Waals surface area contributed by atoms with Gasteiger partial charge < -0.3 is 19.1 Å². The van der Waals surface area contributed by atoms with Gasteiger partial charge in [-0.1, -0.05) is 30.3 Å². The van der Waals surface area contributed by atoms with E-state index in [2.05, 4.69) is 17.0 Å². The minimum Gasteiger partial charge on any atom is -0.463 e. The van der Waals surface area contributed by atoms with E-state index < -0.39 is 0 Å². The molecule has 2 fully saturated rings. The van der Waals surface area contributed by atoms with Crippen LogP contribution in [0.15, 0.2) is 30.3 Å². The summed E-state index contributed by atoms with van der Waals surface area (Å²) in [7, 11) is 0. The Balaban J connectivity index is 1.36. The van der Waals surface area contributed by atoms with Crippen LogP contribution in [0.2, 0.25) is 0 Å². The van der Waals surface area contributed by atoms with Gasteiger partial charge in [-0.15, -0.1) is 0 Å². The fraction of sp³-hybridized carbons (Fsp3) is 0.556.